The van der Waals surface area contributed by atoms with Crippen LogP contribution in [0.25, 0.3) is 0 Å². The fraction of sp³-hybridized carbons (Fsp3) is 0.545. The van der Waals surface area contributed by atoms with Crippen molar-refractivity contribution in [2.75, 3.05) is 52.3 Å². The van der Waals surface area contributed by atoms with E-state index in [1.165, 1.54) is 0 Å². The lowest BCUT2D eigenvalue weighted by Gasteiger charge is -2.17. The molecule has 0 spiro atoms. The van der Waals surface area contributed by atoms with E-state index in [0.717, 1.165) is 25.1 Å². The lowest BCUT2D eigenvalue weighted by Crippen LogP contribution is -2.31. The van der Waals surface area contributed by atoms with Crippen LogP contribution in [-0.2, 0) is 14.3 Å². The molecule has 172 valence electrons. The molecule has 0 aliphatic carbocycles. The summed E-state index contributed by atoms with van der Waals surface area (Å²) in [7, 11) is 3.18. The third-order valence-corrected chi connectivity index (χ3v) is 5.75. The maximum Gasteiger partial charge on any atom is 0.251 e. The highest BCUT2D eigenvalue weighted by Crippen LogP contribution is 2.37. The molecule has 0 heterocycles. The molecule has 7 nitrogen and oxygen atoms in total. The first-order valence-electron chi connectivity index (χ1n) is 10.3. The average Bonchev–Trinajstić information content (AvgIpc) is 2.78. The van der Waals surface area contributed by atoms with E-state index in [2.05, 4.69) is 27.8 Å². The van der Waals surface area contributed by atoms with Gasteiger partial charge in [0, 0.05) is 25.1 Å². The number of ether oxygens (including phenoxy) is 2. The number of benzene rings is 1. The molecule has 0 saturated carbocycles. The van der Waals surface area contributed by atoms with Gasteiger partial charge in [-0.2, -0.15) is 0 Å². The van der Waals surface area contributed by atoms with Crippen molar-refractivity contribution >= 4 is 33.4 Å². The van der Waals surface area contributed by atoms with Crippen LogP contribution in [0.15, 0.2) is 24.3 Å². The summed E-state index contributed by atoms with van der Waals surface area (Å²) in [6.07, 6.45) is 2.75. The molecule has 0 bridgehead atoms. The summed E-state index contributed by atoms with van der Waals surface area (Å²) in [5.74, 6) is 5.45. The molecule has 9 heteroatoms. The van der Waals surface area contributed by atoms with Gasteiger partial charge in [-0.25, -0.2) is 0 Å². The molecule has 1 atom stereocenters. The molecular weight excluding hydrogens is 434 g/mol. The van der Waals surface area contributed by atoms with Gasteiger partial charge in [0.25, 0.3) is 5.91 Å². The van der Waals surface area contributed by atoms with Crippen LogP contribution in [0.4, 0.5) is 0 Å². The van der Waals surface area contributed by atoms with Gasteiger partial charge in [0.15, 0.2) is 0 Å². The predicted octanol–water partition coefficient (Wildman–Crippen LogP) is 2.60. The molecule has 1 aromatic rings. The monoisotopic (exact) mass is 467 g/mol. The maximum atomic E-state index is 12.2. The Morgan fingerprint density at radius 3 is 2.52 bits per heavy atom. The molecule has 1 aromatic carbocycles. The van der Waals surface area contributed by atoms with E-state index >= 15 is 0 Å². The first kappa shape index (κ1) is 27.3. The molecule has 2 amide bonds. The Hall–Kier alpha value is -1.70. The summed E-state index contributed by atoms with van der Waals surface area (Å²) in [4.78, 5) is 23.8. The van der Waals surface area contributed by atoms with Crippen LogP contribution in [0, 0.1) is 11.8 Å². The van der Waals surface area contributed by atoms with Gasteiger partial charge >= 0.3 is 0 Å². The Balaban J connectivity index is 2.38. The highest BCUT2D eigenvalue weighted by Gasteiger charge is 2.14. The normalized spacial score (nSPS) is 11.3. The van der Waals surface area contributed by atoms with E-state index in [1.54, 1.807) is 33.7 Å². The fourth-order valence-electron chi connectivity index (χ4n) is 2.36. The second kappa shape index (κ2) is 17.9. The molecule has 3 N–H and O–H groups in total. The summed E-state index contributed by atoms with van der Waals surface area (Å²) < 4.78 is 11.3. The van der Waals surface area contributed by atoms with Crippen molar-refractivity contribution < 1.29 is 19.1 Å². The molecule has 31 heavy (non-hydrogen) atoms. The molecule has 0 aromatic heterocycles. The van der Waals surface area contributed by atoms with E-state index in [9.17, 15) is 9.59 Å². The van der Waals surface area contributed by atoms with E-state index in [-0.39, 0.29) is 23.9 Å². The van der Waals surface area contributed by atoms with Crippen molar-refractivity contribution in [1.82, 2.24) is 16.0 Å². The Bertz CT molecular complexity index is 705. The van der Waals surface area contributed by atoms with Crippen LogP contribution in [-0.4, -0.2) is 64.1 Å². The standard InChI is InChI=1S/C22H33N3O4S2/c1-4-6-7-12-24-20(26)17-28-15-16-29-22(31-30-3)19-10-8-18(9-11-19)21(27)25-14-13-23-5-2/h8-11,22-23H,4-5,12-17H2,1-3H3,(H,24,26)(H,25,27). The van der Waals surface area contributed by atoms with Crippen LogP contribution in [0.2, 0.25) is 0 Å². The lowest BCUT2D eigenvalue weighted by molar-refractivity contribution is -0.126. The van der Waals surface area contributed by atoms with E-state index in [4.69, 9.17) is 9.47 Å². The summed E-state index contributed by atoms with van der Waals surface area (Å²) in [5, 5.41) is 8.73. The largest absolute Gasteiger partial charge is 0.369 e. The minimum absolute atomic E-state index is 0.0188. The summed E-state index contributed by atoms with van der Waals surface area (Å²) in [6, 6.07) is 7.41. The molecule has 0 aliphatic heterocycles. The van der Waals surface area contributed by atoms with Gasteiger partial charge in [-0.05, 0) is 30.5 Å². The highest BCUT2D eigenvalue weighted by atomic mass is 33.1. The SMILES string of the molecule is CCC#CCNC(=O)COCCOC(SSC)c1ccc(C(=O)NCCNCC)cc1. The van der Waals surface area contributed by atoms with Crippen molar-refractivity contribution in [3.05, 3.63) is 35.4 Å². The van der Waals surface area contributed by atoms with Crippen molar-refractivity contribution in [2.45, 2.75) is 25.7 Å². The minimum atomic E-state index is -0.195. The van der Waals surface area contributed by atoms with Crippen molar-refractivity contribution in [2.24, 2.45) is 0 Å². The zero-order chi connectivity index (χ0) is 22.7. The summed E-state index contributed by atoms with van der Waals surface area (Å²) in [6.45, 7) is 7.19. The van der Waals surface area contributed by atoms with Crippen molar-refractivity contribution in [3.63, 3.8) is 0 Å². The first-order chi connectivity index (χ1) is 15.1. The molecule has 0 aliphatic rings. The summed E-state index contributed by atoms with van der Waals surface area (Å²) >= 11 is 0. The maximum absolute atomic E-state index is 12.2. The van der Waals surface area contributed by atoms with Gasteiger partial charge in [0.2, 0.25) is 5.91 Å². The van der Waals surface area contributed by atoms with Crippen LogP contribution in [0.1, 0.15) is 41.6 Å². The Kier molecular flexibility index (Phi) is 15.8. The Labute approximate surface area is 193 Å². The zero-order valence-corrected chi connectivity index (χ0v) is 20.1. The number of carbonyl (C=O) groups excluding carboxylic acids is 2. The van der Waals surface area contributed by atoms with Gasteiger partial charge in [-0.15, -0.1) is 5.92 Å². The molecule has 1 unspecified atom stereocenters. The molecule has 0 fully saturated rings. The minimum Gasteiger partial charge on any atom is -0.369 e. The van der Waals surface area contributed by atoms with Gasteiger partial charge in [-0.1, -0.05) is 53.5 Å². The quantitative estimate of drug-likeness (QED) is 0.158. The average molecular weight is 468 g/mol. The Morgan fingerprint density at radius 1 is 1.06 bits per heavy atom. The lowest BCUT2D eigenvalue weighted by atomic mass is 10.1. The molecule has 0 radical (unpaired) electrons. The third-order valence-electron chi connectivity index (χ3n) is 3.87. The van der Waals surface area contributed by atoms with Crippen LogP contribution in [0.5, 0.6) is 0 Å². The van der Waals surface area contributed by atoms with Crippen molar-refractivity contribution in [3.8, 4) is 11.8 Å². The first-order valence-corrected chi connectivity index (χ1v) is 12.9. The third kappa shape index (κ3) is 12.7. The number of hydrogen-bond acceptors (Lipinski definition) is 7. The van der Waals surface area contributed by atoms with E-state index in [0.29, 0.717) is 31.9 Å². The molecule has 1 rings (SSSR count). The van der Waals surface area contributed by atoms with Gasteiger partial charge in [0.1, 0.15) is 12.0 Å². The van der Waals surface area contributed by atoms with Gasteiger partial charge in [-0.3, -0.25) is 9.59 Å². The number of amides is 2. The topological polar surface area (TPSA) is 88.7 Å². The van der Waals surface area contributed by atoms with E-state index < -0.39 is 0 Å². The number of carbonyl (C=O) groups is 2. The highest BCUT2D eigenvalue weighted by molar-refractivity contribution is 8.76. The number of rotatable bonds is 15. The fourth-order valence-corrected chi connectivity index (χ4v) is 3.98. The van der Waals surface area contributed by atoms with Crippen LogP contribution in [0.3, 0.4) is 0 Å². The number of likely N-dealkylation sites (N-methyl/N-ethyl adjacent to an activating group) is 1. The number of nitrogens with one attached hydrogen (secondary N) is 3. The van der Waals surface area contributed by atoms with Gasteiger partial charge < -0.3 is 25.4 Å². The van der Waals surface area contributed by atoms with Crippen LogP contribution < -0.4 is 16.0 Å². The second-order valence-corrected chi connectivity index (χ2v) is 8.76. The molecular formula is C22H33N3O4S2. The predicted molar refractivity (Wildman–Crippen MR) is 129 cm³/mol. The summed E-state index contributed by atoms with van der Waals surface area (Å²) in [5.41, 5.74) is 1.39. The van der Waals surface area contributed by atoms with Crippen molar-refractivity contribution in [1.29, 1.82) is 0 Å². The van der Waals surface area contributed by atoms with E-state index in [1.807, 2.05) is 32.2 Å². The second-order valence-electron chi connectivity index (χ2n) is 6.23. The van der Waals surface area contributed by atoms with Crippen LogP contribution >= 0.6 is 21.6 Å². The number of hydrogen-bond donors (Lipinski definition) is 3. The van der Waals surface area contributed by atoms with Gasteiger partial charge in [0.05, 0.1) is 19.8 Å². The Morgan fingerprint density at radius 2 is 1.84 bits per heavy atom. The smallest absolute Gasteiger partial charge is 0.251 e. The zero-order valence-electron chi connectivity index (χ0n) is 18.5. The molecule has 0 saturated heterocycles.